The normalized spacial score (nSPS) is 17.2. The van der Waals surface area contributed by atoms with E-state index in [1.807, 2.05) is 106 Å². The van der Waals surface area contributed by atoms with Gasteiger partial charge in [-0.05, 0) is 80.8 Å². The molecule has 0 aliphatic carbocycles. The van der Waals surface area contributed by atoms with E-state index in [1.54, 1.807) is 23.9 Å². The van der Waals surface area contributed by atoms with Gasteiger partial charge in [-0.3, -0.25) is 9.59 Å². The lowest BCUT2D eigenvalue weighted by Gasteiger charge is -2.31. The number of carbonyl (C=O) groups is 2. The number of benzene rings is 4. The van der Waals surface area contributed by atoms with Crippen LogP contribution in [0.5, 0.6) is 5.75 Å². The maximum absolute atomic E-state index is 14.6. The predicted molar refractivity (Wildman–Crippen MR) is 187 cm³/mol. The van der Waals surface area contributed by atoms with E-state index in [9.17, 15) is 9.59 Å². The monoisotopic (exact) mass is 666 g/mol. The Kier molecular flexibility index (Phi) is 11.6. The van der Waals surface area contributed by atoms with Crippen molar-refractivity contribution in [3.63, 3.8) is 0 Å². The molecule has 0 spiro atoms. The van der Waals surface area contributed by atoms with E-state index in [0.717, 1.165) is 20.9 Å². The number of aliphatic imine (C=N–C) groups is 1. The Bertz CT molecular complexity index is 1690. The van der Waals surface area contributed by atoms with Crippen LogP contribution in [0.25, 0.3) is 0 Å². The largest absolute Gasteiger partial charge is 0.494 e. The van der Waals surface area contributed by atoms with Crippen molar-refractivity contribution in [1.29, 1.82) is 0 Å². The van der Waals surface area contributed by atoms with Crippen molar-refractivity contribution in [2.45, 2.75) is 73.6 Å². The number of ether oxygens (including phenoxy) is 3. The number of carbonyl (C=O) groups excluding carboxylic acids is 2. The number of rotatable bonds is 14. The van der Waals surface area contributed by atoms with Gasteiger partial charge in [0.2, 0.25) is 5.90 Å². The maximum atomic E-state index is 14.6. The summed E-state index contributed by atoms with van der Waals surface area (Å²) in [6, 6.07) is 34.8. The number of hydrogen-bond acceptors (Lipinski definition) is 8. The molecule has 250 valence electrons. The Hall–Kier alpha value is -4.60. The number of nitrogens with zero attached hydrogens (tertiary/aromatic N) is 1. The van der Waals surface area contributed by atoms with Gasteiger partial charge in [0.25, 0.3) is 5.91 Å². The smallest absolute Gasteiger partial charge is 0.306 e. The molecule has 2 N–H and O–H groups in total. The maximum Gasteiger partial charge on any atom is 0.306 e. The van der Waals surface area contributed by atoms with Gasteiger partial charge in [-0.2, -0.15) is 0 Å². The van der Waals surface area contributed by atoms with E-state index in [2.05, 4.69) is 17.4 Å². The molecule has 9 heteroatoms. The van der Waals surface area contributed by atoms with Gasteiger partial charge in [0.05, 0.1) is 6.61 Å². The van der Waals surface area contributed by atoms with Gasteiger partial charge in [-0.15, -0.1) is 0 Å². The second kappa shape index (κ2) is 16.0. The minimum atomic E-state index is -1.47. The van der Waals surface area contributed by atoms with E-state index in [0.29, 0.717) is 30.2 Å². The molecule has 5 rings (SSSR count). The molecule has 1 aliphatic heterocycles. The van der Waals surface area contributed by atoms with E-state index in [1.165, 1.54) is 0 Å². The van der Waals surface area contributed by atoms with Crippen LogP contribution in [0.3, 0.4) is 0 Å². The third-order valence-corrected chi connectivity index (χ3v) is 8.77. The predicted octanol–water partition coefficient (Wildman–Crippen LogP) is 7.29. The molecule has 2 atom stereocenters. The molecule has 0 radical (unpaired) electrons. The van der Waals surface area contributed by atoms with Crippen LogP contribution in [-0.2, 0) is 25.6 Å². The highest BCUT2D eigenvalue weighted by Crippen LogP contribution is 2.43. The minimum absolute atomic E-state index is 0.0355. The van der Waals surface area contributed by atoms with Crippen molar-refractivity contribution in [3.05, 3.63) is 126 Å². The number of esters is 1. The molecule has 8 nitrogen and oxygen atoms in total. The number of nitrogens with one attached hydrogen (secondary N) is 1. The molecule has 1 aliphatic rings. The van der Waals surface area contributed by atoms with Crippen molar-refractivity contribution >= 4 is 29.5 Å². The molecule has 4 aromatic rings. The van der Waals surface area contributed by atoms with Gasteiger partial charge in [-0.25, -0.2) is 4.99 Å². The second-order valence-electron chi connectivity index (χ2n) is 12.5. The lowest BCUT2D eigenvalue weighted by Crippen LogP contribution is -2.48. The summed E-state index contributed by atoms with van der Waals surface area (Å²) in [4.78, 5) is 34.8. The first-order valence-electron chi connectivity index (χ1n) is 16.1. The third kappa shape index (κ3) is 9.05. The topological polar surface area (TPSA) is 106 Å². The first-order chi connectivity index (χ1) is 23.2. The summed E-state index contributed by atoms with van der Waals surface area (Å²) in [7, 11) is 0. The fourth-order valence-corrected chi connectivity index (χ4v) is 6.34. The average Bonchev–Trinajstić information content (AvgIpc) is 3.48. The van der Waals surface area contributed by atoms with Gasteiger partial charge in [0, 0.05) is 41.3 Å². The Morgan fingerprint density at radius 3 is 2.27 bits per heavy atom. The minimum Gasteiger partial charge on any atom is -0.494 e. The first-order valence-corrected chi connectivity index (χ1v) is 16.9. The van der Waals surface area contributed by atoms with E-state index < -0.39 is 23.2 Å². The Morgan fingerprint density at radius 2 is 1.58 bits per heavy atom. The van der Waals surface area contributed by atoms with E-state index >= 15 is 0 Å². The van der Waals surface area contributed by atoms with Crippen LogP contribution in [0.15, 0.2) is 124 Å². The highest BCUT2D eigenvalue weighted by atomic mass is 32.2. The number of amides is 1. The SMILES string of the molecule is CC(C)(C)OC(=O)CC[C@@]1(C(=O)NCc2ccccc2Sc2ccccc2)N=C(c2ccc(OCCCO)cc2)O[C@@H]1c1ccccc1. The lowest BCUT2D eigenvalue weighted by molar-refractivity contribution is -0.155. The zero-order chi connectivity index (χ0) is 34.0. The molecular formula is C39H42N2O6S. The molecule has 0 saturated heterocycles. The third-order valence-electron chi connectivity index (χ3n) is 7.65. The molecular weight excluding hydrogens is 625 g/mol. The summed E-state index contributed by atoms with van der Waals surface area (Å²) in [5, 5.41) is 12.2. The molecule has 0 unspecified atom stereocenters. The van der Waals surface area contributed by atoms with Gasteiger partial charge >= 0.3 is 5.97 Å². The van der Waals surface area contributed by atoms with Crippen molar-refractivity contribution in [2.75, 3.05) is 13.2 Å². The molecule has 0 aromatic heterocycles. The van der Waals surface area contributed by atoms with E-state index in [-0.39, 0.29) is 31.9 Å². The molecule has 4 aromatic carbocycles. The second-order valence-corrected chi connectivity index (χ2v) is 13.6. The van der Waals surface area contributed by atoms with Crippen molar-refractivity contribution in [3.8, 4) is 5.75 Å². The van der Waals surface area contributed by atoms with Gasteiger partial charge in [0.15, 0.2) is 11.6 Å². The van der Waals surface area contributed by atoms with Crippen molar-refractivity contribution in [1.82, 2.24) is 5.32 Å². The molecule has 0 bridgehead atoms. The summed E-state index contributed by atoms with van der Waals surface area (Å²) in [5.41, 5.74) is 0.248. The lowest BCUT2D eigenvalue weighted by atomic mass is 9.83. The Balaban J connectivity index is 1.48. The zero-order valence-corrected chi connectivity index (χ0v) is 28.4. The van der Waals surface area contributed by atoms with Crippen LogP contribution in [-0.4, -0.2) is 47.2 Å². The number of aliphatic hydroxyl groups excluding tert-OH is 1. The fraction of sp³-hybridized carbons (Fsp3) is 0.308. The van der Waals surface area contributed by atoms with Crippen molar-refractivity contribution < 1.29 is 28.9 Å². The quantitative estimate of drug-likeness (QED) is 0.108. The average molecular weight is 667 g/mol. The highest BCUT2D eigenvalue weighted by molar-refractivity contribution is 7.99. The van der Waals surface area contributed by atoms with Crippen LogP contribution >= 0.6 is 11.8 Å². The molecule has 0 fully saturated rings. The van der Waals surface area contributed by atoms with Crippen molar-refractivity contribution in [2.24, 2.45) is 4.99 Å². The van der Waals surface area contributed by atoms with Gasteiger partial charge in [-0.1, -0.05) is 78.5 Å². The Labute approximate surface area is 286 Å². The van der Waals surface area contributed by atoms with Gasteiger partial charge < -0.3 is 24.6 Å². The van der Waals surface area contributed by atoms with Crippen LogP contribution in [0.2, 0.25) is 0 Å². The Morgan fingerprint density at radius 1 is 0.917 bits per heavy atom. The molecule has 0 saturated carbocycles. The standard InChI is InChI=1S/C39H42N2O6S/c1-38(2,3)47-34(43)23-24-39(37(44)40-27-30-15-10-11-18-33(30)48-32-16-8-5-9-17-32)35(28-13-6-4-7-14-28)46-36(41-39)29-19-21-31(22-20-29)45-26-12-25-42/h4-11,13-22,35,42H,12,23-27H2,1-3H3,(H,40,44)/t35-,39-/m1/s1. The summed E-state index contributed by atoms with van der Waals surface area (Å²) in [5.74, 6) is 0.175. The number of aliphatic hydroxyl groups is 1. The summed E-state index contributed by atoms with van der Waals surface area (Å²) >= 11 is 1.63. The molecule has 48 heavy (non-hydrogen) atoms. The first kappa shape index (κ1) is 34.7. The summed E-state index contributed by atoms with van der Waals surface area (Å²) < 4.78 is 17.9. The van der Waals surface area contributed by atoms with Gasteiger partial charge in [0.1, 0.15) is 11.4 Å². The summed E-state index contributed by atoms with van der Waals surface area (Å²) in [6.45, 7) is 6.15. The summed E-state index contributed by atoms with van der Waals surface area (Å²) in [6.07, 6.45) is -0.238. The van der Waals surface area contributed by atoms with Crippen LogP contribution in [0, 0.1) is 0 Å². The fourth-order valence-electron chi connectivity index (χ4n) is 5.38. The van der Waals surface area contributed by atoms with Crippen LogP contribution in [0.4, 0.5) is 0 Å². The van der Waals surface area contributed by atoms with Crippen LogP contribution in [0.1, 0.15) is 62.8 Å². The molecule has 1 heterocycles. The molecule has 1 amide bonds. The van der Waals surface area contributed by atoms with Crippen LogP contribution < -0.4 is 10.1 Å². The highest BCUT2D eigenvalue weighted by Gasteiger charge is 2.53. The van der Waals surface area contributed by atoms with E-state index in [4.69, 9.17) is 24.3 Å². The number of hydrogen-bond donors (Lipinski definition) is 2. The zero-order valence-electron chi connectivity index (χ0n) is 27.6.